The van der Waals surface area contributed by atoms with Gasteiger partial charge in [0.2, 0.25) is 0 Å². The molecule has 120 valence electrons. The Morgan fingerprint density at radius 1 is 1.43 bits per heavy atom. The predicted molar refractivity (Wildman–Crippen MR) is 90.7 cm³/mol. The zero-order chi connectivity index (χ0) is 16.7. The first-order valence-corrected chi connectivity index (χ1v) is 8.07. The van der Waals surface area contributed by atoms with Crippen molar-refractivity contribution in [3.05, 3.63) is 55.9 Å². The van der Waals surface area contributed by atoms with Gasteiger partial charge in [0.15, 0.2) is 5.82 Å². The summed E-state index contributed by atoms with van der Waals surface area (Å²) in [6, 6.07) is 6.48. The van der Waals surface area contributed by atoms with Crippen LogP contribution in [0.25, 0.3) is 0 Å². The number of nitro groups is 1. The van der Waals surface area contributed by atoms with Gasteiger partial charge < -0.3 is 0 Å². The summed E-state index contributed by atoms with van der Waals surface area (Å²) in [5.74, 6) is 0.609. The van der Waals surface area contributed by atoms with Crippen molar-refractivity contribution in [2.24, 2.45) is 4.99 Å². The zero-order valence-corrected chi connectivity index (χ0v) is 13.8. The fourth-order valence-corrected chi connectivity index (χ4v) is 3.71. The molecule has 3 rings (SSSR count). The fraction of sp³-hybridized carbons (Fsp3) is 0.333. The van der Waals surface area contributed by atoms with Crippen molar-refractivity contribution in [3.8, 4) is 0 Å². The van der Waals surface area contributed by atoms with Gasteiger partial charge in [-0.2, -0.15) is 0 Å². The number of hydrogen-bond acceptors (Lipinski definition) is 5. The van der Waals surface area contributed by atoms with Gasteiger partial charge in [-0.25, -0.2) is 4.99 Å². The molecule has 1 aliphatic heterocycles. The molecule has 1 aromatic carbocycles. The summed E-state index contributed by atoms with van der Waals surface area (Å²) in [6.07, 6.45) is 0. The number of H-pyrrole nitrogens is 1. The van der Waals surface area contributed by atoms with E-state index < -0.39 is 4.92 Å². The summed E-state index contributed by atoms with van der Waals surface area (Å²) in [4.78, 5) is 27.5. The van der Waals surface area contributed by atoms with Gasteiger partial charge in [0, 0.05) is 18.2 Å². The monoisotopic (exact) mass is 332 g/mol. The van der Waals surface area contributed by atoms with E-state index in [4.69, 9.17) is 0 Å². The van der Waals surface area contributed by atoms with Crippen LogP contribution in [0.2, 0.25) is 0 Å². The lowest BCUT2D eigenvalue weighted by molar-refractivity contribution is -0.384. The van der Waals surface area contributed by atoms with E-state index in [1.54, 1.807) is 16.8 Å². The Labute approximate surface area is 136 Å². The van der Waals surface area contributed by atoms with E-state index in [0.717, 1.165) is 10.6 Å². The molecule has 0 saturated carbocycles. The number of nitrogens with zero attached hydrogens (tertiary/aromatic N) is 3. The van der Waals surface area contributed by atoms with Crippen LogP contribution in [-0.4, -0.2) is 19.7 Å². The molecule has 0 spiro atoms. The van der Waals surface area contributed by atoms with Gasteiger partial charge in [-0.15, -0.1) is 0 Å². The predicted octanol–water partition coefficient (Wildman–Crippen LogP) is 3.55. The number of aliphatic imine (C=N–C) groups is 1. The smallest absolute Gasteiger partial charge is 0.268 e. The molecular weight excluding hydrogens is 316 g/mol. The van der Waals surface area contributed by atoms with E-state index >= 15 is 0 Å². The molecule has 2 heterocycles. The lowest BCUT2D eigenvalue weighted by atomic mass is 10.1. The topological polar surface area (TPSA) is 93.3 Å². The van der Waals surface area contributed by atoms with Gasteiger partial charge in [-0.05, 0) is 26.3 Å². The molecule has 0 saturated heterocycles. The Morgan fingerprint density at radius 2 is 2.17 bits per heavy atom. The summed E-state index contributed by atoms with van der Waals surface area (Å²) < 4.78 is 1.74. The second-order valence-electron chi connectivity index (χ2n) is 5.62. The molecule has 1 atom stereocenters. The third-order valence-electron chi connectivity index (χ3n) is 3.65. The maximum atomic E-state index is 12.4. The Morgan fingerprint density at radius 3 is 2.83 bits per heavy atom. The quantitative estimate of drug-likeness (QED) is 0.687. The lowest BCUT2D eigenvalue weighted by Crippen LogP contribution is -2.13. The molecule has 1 aromatic heterocycles. The van der Waals surface area contributed by atoms with Gasteiger partial charge in [0.1, 0.15) is 0 Å². The molecule has 2 aromatic rings. The van der Waals surface area contributed by atoms with Crippen LogP contribution in [-0.2, 0) is 0 Å². The summed E-state index contributed by atoms with van der Waals surface area (Å²) in [5, 5.41) is 14.4. The van der Waals surface area contributed by atoms with E-state index in [2.05, 4.69) is 10.1 Å². The summed E-state index contributed by atoms with van der Waals surface area (Å²) in [5.41, 5.74) is 1.10. The van der Waals surface area contributed by atoms with E-state index in [9.17, 15) is 14.9 Å². The van der Waals surface area contributed by atoms with Crippen LogP contribution in [0.4, 0.5) is 11.5 Å². The average molecular weight is 332 g/mol. The molecule has 1 aliphatic rings. The van der Waals surface area contributed by atoms with Gasteiger partial charge in [0.25, 0.3) is 11.2 Å². The van der Waals surface area contributed by atoms with E-state index in [0.29, 0.717) is 11.4 Å². The van der Waals surface area contributed by atoms with Crippen molar-refractivity contribution >= 4 is 28.3 Å². The van der Waals surface area contributed by atoms with Crippen LogP contribution in [0.5, 0.6) is 0 Å². The molecule has 23 heavy (non-hydrogen) atoms. The lowest BCUT2D eigenvalue weighted by Gasteiger charge is -2.21. The number of nitrogens with one attached hydrogen (secondary N) is 1. The average Bonchev–Trinajstić information content (AvgIpc) is 2.83. The molecule has 0 unspecified atom stereocenters. The minimum atomic E-state index is -0.428. The fourth-order valence-electron chi connectivity index (χ4n) is 2.62. The molecule has 7 nitrogen and oxygen atoms in total. The molecular formula is C15H16N4O3S. The number of thioether (sulfide) groups is 1. The third kappa shape index (κ3) is 2.70. The number of rotatable bonds is 3. The van der Waals surface area contributed by atoms with Gasteiger partial charge in [-0.1, -0.05) is 23.9 Å². The van der Waals surface area contributed by atoms with Crippen LogP contribution in [0.3, 0.4) is 0 Å². The van der Waals surface area contributed by atoms with Crippen molar-refractivity contribution in [3.63, 3.8) is 0 Å². The highest BCUT2D eigenvalue weighted by Gasteiger charge is 2.31. The maximum absolute atomic E-state index is 12.4. The molecule has 8 heteroatoms. The first kappa shape index (κ1) is 15.5. The van der Waals surface area contributed by atoms with Crippen LogP contribution < -0.4 is 5.56 Å². The van der Waals surface area contributed by atoms with Crippen molar-refractivity contribution in [1.82, 2.24) is 9.78 Å². The van der Waals surface area contributed by atoms with E-state index in [1.807, 2.05) is 20.8 Å². The van der Waals surface area contributed by atoms with E-state index in [-0.39, 0.29) is 22.5 Å². The first-order valence-electron chi connectivity index (χ1n) is 7.19. The van der Waals surface area contributed by atoms with Gasteiger partial charge >= 0.3 is 0 Å². The first-order chi connectivity index (χ1) is 10.9. The largest absolute Gasteiger partial charge is 0.271 e. The Kier molecular flexibility index (Phi) is 3.85. The van der Waals surface area contributed by atoms with Crippen LogP contribution in [0.1, 0.15) is 43.2 Å². The van der Waals surface area contributed by atoms with Crippen LogP contribution in [0, 0.1) is 10.1 Å². The number of nitro benzene ring substituents is 1. The minimum Gasteiger partial charge on any atom is -0.268 e. The van der Waals surface area contributed by atoms with Crippen molar-refractivity contribution in [1.29, 1.82) is 0 Å². The second-order valence-corrected chi connectivity index (χ2v) is 6.92. The zero-order valence-electron chi connectivity index (χ0n) is 12.9. The number of aromatic nitrogens is 2. The highest BCUT2D eigenvalue weighted by atomic mass is 32.2. The number of aromatic amines is 1. The van der Waals surface area contributed by atoms with Crippen LogP contribution in [0.15, 0.2) is 34.1 Å². The van der Waals surface area contributed by atoms with Crippen molar-refractivity contribution in [2.75, 3.05) is 0 Å². The van der Waals surface area contributed by atoms with Crippen molar-refractivity contribution in [2.45, 2.75) is 32.1 Å². The highest BCUT2D eigenvalue weighted by Crippen LogP contribution is 2.44. The molecule has 1 N–H and O–H groups in total. The van der Waals surface area contributed by atoms with E-state index in [1.165, 1.54) is 23.9 Å². The molecule has 0 fully saturated rings. The Hall–Kier alpha value is -2.35. The van der Waals surface area contributed by atoms with Gasteiger partial charge in [-0.3, -0.25) is 24.7 Å². The SMILES string of the molecule is CC1=Nc2c(c(=O)[nH]n2C(C)C)[C@@H](c2cccc([N+](=O)[O-])c2)S1. The normalized spacial score (nSPS) is 17.0. The summed E-state index contributed by atoms with van der Waals surface area (Å²) in [7, 11) is 0. The number of non-ortho nitro benzene ring substituents is 1. The number of benzene rings is 1. The van der Waals surface area contributed by atoms with Crippen molar-refractivity contribution < 1.29 is 4.92 Å². The molecule has 0 bridgehead atoms. The summed E-state index contributed by atoms with van der Waals surface area (Å²) in [6.45, 7) is 5.80. The molecule has 0 radical (unpaired) electrons. The third-order valence-corrected chi connectivity index (χ3v) is 4.83. The summed E-state index contributed by atoms with van der Waals surface area (Å²) >= 11 is 1.44. The second kappa shape index (κ2) is 5.69. The minimum absolute atomic E-state index is 0.0181. The molecule has 0 amide bonds. The standard InChI is InChI=1S/C15H16N4O3S/c1-8(2)18-14-12(15(20)17-18)13(23-9(3)16-14)10-5-4-6-11(7-10)19(21)22/h4-8,13H,1-3H3,(H,17,20)/t13-/m1/s1. The van der Waals surface area contributed by atoms with Crippen LogP contribution >= 0.6 is 11.8 Å². The molecule has 0 aliphatic carbocycles. The Balaban J connectivity index is 2.18. The highest BCUT2D eigenvalue weighted by molar-refractivity contribution is 8.14. The Bertz CT molecular complexity index is 866. The number of hydrogen-bond donors (Lipinski definition) is 1. The maximum Gasteiger partial charge on any atom is 0.271 e. The number of fused-ring (bicyclic) bond motifs is 1. The van der Waals surface area contributed by atoms with Gasteiger partial charge in [0.05, 0.1) is 20.8 Å².